The van der Waals surface area contributed by atoms with Gasteiger partial charge in [-0.3, -0.25) is 9.36 Å². The van der Waals surface area contributed by atoms with Crippen LogP contribution in [0, 0.1) is 13.8 Å². The smallest absolute Gasteiger partial charge is 0.352 e. The number of anilines is 1. The first kappa shape index (κ1) is 19.2. The zero-order valence-corrected chi connectivity index (χ0v) is 14.9. The Hall–Kier alpha value is -2.59. The molecule has 2 heterocycles. The molecule has 2 aromatic rings. The number of ether oxygens (including phenoxy) is 1. The number of aromatic nitrogens is 2. The number of nitrogens with two attached hydrogens (primary N) is 1. The highest BCUT2D eigenvalue weighted by Crippen LogP contribution is 2.38. The summed E-state index contributed by atoms with van der Waals surface area (Å²) in [5, 5.41) is 30.4. The summed E-state index contributed by atoms with van der Waals surface area (Å²) in [5.41, 5.74) is 4.06. The van der Waals surface area contributed by atoms with Gasteiger partial charge in [0.2, 0.25) is 11.5 Å². The van der Waals surface area contributed by atoms with Crippen LogP contribution in [0.4, 0.5) is 5.82 Å². The Kier molecular flexibility index (Phi) is 4.87. The number of carbonyl (C=O) groups is 1. The van der Waals surface area contributed by atoms with Crippen LogP contribution in [0.15, 0.2) is 35.3 Å². The Morgan fingerprint density at radius 1 is 1.30 bits per heavy atom. The summed E-state index contributed by atoms with van der Waals surface area (Å²) < 4.78 is 6.41. The van der Waals surface area contributed by atoms with E-state index in [1.165, 1.54) is 12.3 Å². The summed E-state index contributed by atoms with van der Waals surface area (Å²) >= 11 is 0. The van der Waals surface area contributed by atoms with Crippen LogP contribution in [0.2, 0.25) is 0 Å². The van der Waals surface area contributed by atoms with Gasteiger partial charge in [-0.1, -0.05) is 17.2 Å². The maximum atomic E-state index is 13.4. The molecule has 144 valence electrons. The average molecular weight is 375 g/mol. The molecule has 9 heteroatoms. The summed E-state index contributed by atoms with van der Waals surface area (Å²) in [7, 11) is 0. The Morgan fingerprint density at radius 2 is 1.93 bits per heavy atom. The summed E-state index contributed by atoms with van der Waals surface area (Å²) in [6.45, 7) is 2.94. The third-order valence-corrected chi connectivity index (χ3v) is 4.61. The van der Waals surface area contributed by atoms with Crippen molar-refractivity contribution < 1.29 is 24.9 Å². The van der Waals surface area contributed by atoms with Crippen LogP contribution in [-0.4, -0.2) is 55.6 Å². The molecule has 0 aliphatic carbocycles. The van der Waals surface area contributed by atoms with Crippen molar-refractivity contribution in [1.82, 2.24) is 9.55 Å². The number of rotatable bonds is 4. The van der Waals surface area contributed by atoms with Crippen molar-refractivity contribution in [2.75, 3.05) is 12.3 Å². The van der Waals surface area contributed by atoms with Crippen LogP contribution >= 0.6 is 0 Å². The zero-order chi connectivity index (χ0) is 19.9. The van der Waals surface area contributed by atoms with E-state index in [1.807, 2.05) is 6.07 Å². The topological polar surface area (TPSA) is 148 Å². The predicted octanol–water partition coefficient (Wildman–Crippen LogP) is -0.909. The maximum absolute atomic E-state index is 13.4. The molecule has 1 fully saturated rings. The summed E-state index contributed by atoms with van der Waals surface area (Å²) in [4.78, 5) is 29.4. The van der Waals surface area contributed by atoms with Crippen LogP contribution in [0.5, 0.6) is 0 Å². The van der Waals surface area contributed by atoms with Crippen molar-refractivity contribution in [2.24, 2.45) is 0 Å². The van der Waals surface area contributed by atoms with Crippen LogP contribution in [-0.2, 0) is 10.5 Å². The lowest BCUT2D eigenvalue weighted by Crippen LogP contribution is -2.56. The lowest BCUT2D eigenvalue weighted by atomic mass is 9.92. The molecule has 1 aromatic heterocycles. The quantitative estimate of drug-likeness (QED) is 0.502. The van der Waals surface area contributed by atoms with Gasteiger partial charge >= 0.3 is 5.69 Å². The number of carbonyl (C=O) groups excluding carboxylic acids is 1. The summed E-state index contributed by atoms with van der Waals surface area (Å²) in [5.74, 6) is -0.817. The lowest BCUT2D eigenvalue weighted by molar-refractivity contribution is -0.117. The number of nitrogens with zero attached hydrogens (tertiary/aromatic N) is 2. The van der Waals surface area contributed by atoms with E-state index in [-0.39, 0.29) is 11.4 Å². The molecule has 0 bridgehead atoms. The van der Waals surface area contributed by atoms with Gasteiger partial charge in [0.05, 0.1) is 6.61 Å². The first-order chi connectivity index (χ1) is 12.7. The molecule has 1 aliphatic heterocycles. The van der Waals surface area contributed by atoms with Crippen LogP contribution < -0.4 is 11.4 Å². The molecular weight excluding hydrogens is 354 g/mol. The van der Waals surface area contributed by atoms with Gasteiger partial charge in [-0.05, 0) is 32.0 Å². The second kappa shape index (κ2) is 6.86. The van der Waals surface area contributed by atoms with Crippen LogP contribution in [0.1, 0.15) is 21.5 Å². The number of ketones is 1. The van der Waals surface area contributed by atoms with E-state index < -0.39 is 42.1 Å². The van der Waals surface area contributed by atoms with Gasteiger partial charge in [-0.15, -0.1) is 0 Å². The molecule has 0 amide bonds. The molecule has 0 unspecified atom stereocenters. The predicted molar refractivity (Wildman–Crippen MR) is 95.1 cm³/mol. The molecule has 0 spiro atoms. The molecule has 5 N–H and O–H groups in total. The number of Topliss-reactive ketones (excluding diaryl/α,β-unsaturated/α-hetero) is 1. The minimum Gasteiger partial charge on any atom is -0.394 e. The third kappa shape index (κ3) is 3.04. The van der Waals surface area contributed by atoms with E-state index in [0.29, 0.717) is 0 Å². The lowest BCUT2D eigenvalue weighted by Gasteiger charge is -2.32. The van der Waals surface area contributed by atoms with Gasteiger partial charge in [0.25, 0.3) is 0 Å². The van der Waals surface area contributed by atoms with Crippen molar-refractivity contribution in [3.8, 4) is 0 Å². The van der Waals surface area contributed by atoms with Crippen LogP contribution in [0.3, 0.4) is 0 Å². The maximum Gasteiger partial charge on any atom is 0.352 e. The minimum atomic E-state index is -2.29. The SMILES string of the molecule is Cc1cc(C)cc(C(=O)[C@@]2(n3ccc(N)nc3=O)O[C@H](CO)[C@@H](O)[C@H]2O)c1. The number of benzene rings is 1. The number of aryl methyl sites for hydroxylation is 2. The fraction of sp³-hybridized carbons (Fsp3) is 0.389. The molecule has 4 atom stereocenters. The van der Waals surface area contributed by atoms with E-state index in [0.717, 1.165) is 15.7 Å². The fourth-order valence-electron chi connectivity index (χ4n) is 3.43. The molecule has 0 saturated carbocycles. The minimum absolute atomic E-state index is 0.0722. The Bertz CT molecular complexity index is 923. The van der Waals surface area contributed by atoms with Gasteiger partial charge in [0.15, 0.2) is 0 Å². The molecule has 9 nitrogen and oxygen atoms in total. The normalized spacial score (nSPS) is 27.7. The number of nitrogen functional groups attached to an aromatic ring is 1. The van der Waals surface area contributed by atoms with E-state index in [1.54, 1.807) is 26.0 Å². The monoisotopic (exact) mass is 375 g/mol. The molecule has 1 saturated heterocycles. The summed E-state index contributed by atoms with van der Waals surface area (Å²) in [6.07, 6.45) is -3.50. The average Bonchev–Trinajstić information content (AvgIpc) is 2.86. The van der Waals surface area contributed by atoms with Crippen molar-refractivity contribution in [3.05, 3.63) is 57.6 Å². The first-order valence-electron chi connectivity index (χ1n) is 8.34. The third-order valence-electron chi connectivity index (χ3n) is 4.61. The molecule has 1 aromatic carbocycles. The Morgan fingerprint density at radius 3 is 2.44 bits per heavy atom. The highest BCUT2D eigenvalue weighted by atomic mass is 16.6. The molecule has 3 rings (SSSR count). The molecule has 0 radical (unpaired) electrons. The van der Waals surface area contributed by atoms with E-state index >= 15 is 0 Å². The van der Waals surface area contributed by atoms with Crippen molar-refractivity contribution in [2.45, 2.75) is 37.9 Å². The van der Waals surface area contributed by atoms with E-state index in [4.69, 9.17) is 10.5 Å². The second-order valence-electron chi connectivity index (χ2n) is 6.68. The number of hydrogen-bond donors (Lipinski definition) is 4. The highest BCUT2D eigenvalue weighted by Gasteiger charge is 2.60. The van der Waals surface area contributed by atoms with Gasteiger partial charge < -0.3 is 25.8 Å². The Labute approximate surface area is 154 Å². The molecular formula is C18H21N3O6. The van der Waals surface area contributed by atoms with Crippen molar-refractivity contribution in [3.63, 3.8) is 0 Å². The van der Waals surface area contributed by atoms with E-state index in [9.17, 15) is 24.9 Å². The standard InChI is InChI=1S/C18H21N3O6/c1-9-5-10(2)7-11(6-9)15(24)18(16(25)14(23)12(8-22)27-18)21-4-3-13(19)20-17(21)26/h3-7,12,14,16,22-23,25H,8H2,1-2H3,(H2,19,20,26)/t12-,14-,16-,18-/m1/s1. The Balaban J connectivity index is 2.25. The number of aliphatic hydroxyl groups excluding tert-OH is 3. The zero-order valence-electron chi connectivity index (χ0n) is 14.9. The highest BCUT2D eigenvalue weighted by molar-refractivity contribution is 6.02. The largest absolute Gasteiger partial charge is 0.394 e. The fourth-order valence-corrected chi connectivity index (χ4v) is 3.43. The van der Waals surface area contributed by atoms with Gasteiger partial charge in [-0.2, -0.15) is 4.98 Å². The second-order valence-corrected chi connectivity index (χ2v) is 6.68. The first-order valence-corrected chi connectivity index (χ1v) is 8.34. The van der Waals surface area contributed by atoms with Gasteiger partial charge in [0, 0.05) is 11.8 Å². The number of hydrogen-bond acceptors (Lipinski definition) is 8. The van der Waals surface area contributed by atoms with E-state index in [2.05, 4.69) is 4.98 Å². The van der Waals surface area contributed by atoms with Crippen molar-refractivity contribution >= 4 is 11.6 Å². The summed E-state index contributed by atoms with van der Waals surface area (Å²) in [6, 6.07) is 6.30. The van der Waals surface area contributed by atoms with Gasteiger partial charge in [0.1, 0.15) is 24.1 Å². The van der Waals surface area contributed by atoms with Gasteiger partial charge in [-0.25, -0.2) is 4.79 Å². The van der Waals surface area contributed by atoms with Crippen molar-refractivity contribution in [1.29, 1.82) is 0 Å². The van der Waals surface area contributed by atoms with Crippen LogP contribution in [0.25, 0.3) is 0 Å². The molecule has 27 heavy (non-hydrogen) atoms. The number of aliphatic hydroxyl groups is 3. The molecule has 1 aliphatic rings.